The van der Waals surface area contributed by atoms with Crippen LogP contribution in [0.15, 0.2) is 12.3 Å². The van der Waals surface area contributed by atoms with E-state index >= 15 is 0 Å². The quantitative estimate of drug-likeness (QED) is 0.716. The third-order valence-electron chi connectivity index (χ3n) is 3.25. The van der Waals surface area contributed by atoms with Crippen LogP contribution < -0.4 is 0 Å². The summed E-state index contributed by atoms with van der Waals surface area (Å²) in [7, 11) is 1.42. The molecular weight excluding hydrogens is 202 g/mol. The second kappa shape index (κ2) is 4.64. The number of hydrogen-bond acceptors (Lipinski definition) is 3. The van der Waals surface area contributed by atoms with Crippen LogP contribution in [-0.4, -0.2) is 18.1 Å². The number of hydrogen-bond donors (Lipinski definition) is 0. The molecule has 1 aromatic heterocycles. The number of carbonyl (C=O) groups excluding carboxylic acids is 1. The molecule has 0 bridgehead atoms. The third-order valence-corrected chi connectivity index (χ3v) is 3.25. The van der Waals surface area contributed by atoms with Gasteiger partial charge in [0.05, 0.1) is 13.0 Å². The van der Waals surface area contributed by atoms with Gasteiger partial charge in [-0.3, -0.25) is 9.78 Å². The van der Waals surface area contributed by atoms with E-state index in [0.717, 1.165) is 18.4 Å². The minimum atomic E-state index is -0.218. The number of nitrogens with zero attached hydrogens (tertiary/aromatic N) is 1. The molecule has 0 fully saturated rings. The van der Waals surface area contributed by atoms with Gasteiger partial charge in [0.2, 0.25) is 0 Å². The van der Waals surface area contributed by atoms with Gasteiger partial charge in [0.15, 0.2) is 0 Å². The van der Waals surface area contributed by atoms with E-state index < -0.39 is 0 Å². The first-order valence-electron chi connectivity index (χ1n) is 5.78. The zero-order valence-electron chi connectivity index (χ0n) is 9.82. The van der Waals surface area contributed by atoms with E-state index in [2.05, 4.69) is 11.1 Å². The second-order valence-electron chi connectivity index (χ2n) is 4.33. The Balaban J connectivity index is 2.26. The summed E-state index contributed by atoms with van der Waals surface area (Å²) in [5.74, 6) is -0.415. The van der Waals surface area contributed by atoms with Crippen molar-refractivity contribution in [3.63, 3.8) is 0 Å². The lowest BCUT2D eigenvalue weighted by molar-refractivity contribution is -0.142. The molecule has 0 spiro atoms. The zero-order chi connectivity index (χ0) is 11.5. The van der Waals surface area contributed by atoms with Crippen LogP contribution in [-0.2, 0) is 22.4 Å². The molecule has 0 saturated heterocycles. The molecule has 0 aromatic carbocycles. The summed E-state index contributed by atoms with van der Waals surface area (Å²) in [6, 6.07) is 2.11. The number of carbonyl (C=O) groups is 1. The molecule has 0 saturated carbocycles. The van der Waals surface area contributed by atoms with Crippen molar-refractivity contribution in [1.82, 2.24) is 4.98 Å². The van der Waals surface area contributed by atoms with Crippen molar-refractivity contribution in [3.05, 3.63) is 29.1 Å². The molecule has 2 rings (SSSR count). The lowest BCUT2D eigenvalue weighted by Gasteiger charge is -2.17. The van der Waals surface area contributed by atoms with E-state index in [-0.39, 0.29) is 11.9 Å². The van der Waals surface area contributed by atoms with Crippen LogP contribution in [0.1, 0.15) is 42.5 Å². The van der Waals surface area contributed by atoms with Crippen molar-refractivity contribution in [2.75, 3.05) is 7.11 Å². The SMILES string of the molecule is COC(=O)C(C)c1cnc2c(c1)CCCC2. The van der Waals surface area contributed by atoms with Gasteiger partial charge >= 0.3 is 5.97 Å². The van der Waals surface area contributed by atoms with Crippen LogP contribution in [0.5, 0.6) is 0 Å². The first kappa shape index (κ1) is 11.1. The molecule has 1 heterocycles. The first-order valence-corrected chi connectivity index (χ1v) is 5.78. The van der Waals surface area contributed by atoms with Gasteiger partial charge < -0.3 is 4.74 Å². The molecule has 1 aromatic rings. The highest BCUT2D eigenvalue weighted by Gasteiger charge is 2.18. The highest BCUT2D eigenvalue weighted by atomic mass is 16.5. The Morgan fingerprint density at radius 3 is 2.94 bits per heavy atom. The fraction of sp³-hybridized carbons (Fsp3) is 0.538. The molecule has 0 N–H and O–H groups in total. The molecule has 0 radical (unpaired) electrons. The standard InChI is InChI=1S/C13H17NO2/c1-9(13(15)16-2)11-7-10-5-3-4-6-12(10)14-8-11/h7-9H,3-6H2,1-2H3. The van der Waals surface area contributed by atoms with Crippen LogP contribution in [0.25, 0.3) is 0 Å². The maximum atomic E-state index is 11.4. The van der Waals surface area contributed by atoms with Gasteiger partial charge in [0.1, 0.15) is 0 Å². The number of aryl methyl sites for hydroxylation is 2. The molecule has 0 aliphatic heterocycles. The number of ether oxygens (including phenoxy) is 1. The number of methoxy groups -OCH3 is 1. The van der Waals surface area contributed by atoms with E-state index in [1.807, 2.05) is 13.1 Å². The highest BCUT2D eigenvalue weighted by Crippen LogP contribution is 2.24. The molecule has 1 aliphatic rings. The third kappa shape index (κ3) is 2.08. The Bertz CT molecular complexity index is 401. The number of fused-ring (bicyclic) bond motifs is 1. The Labute approximate surface area is 95.8 Å². The number of esters is 1. The Morgan fingerprint density at radius 2 is 2.19 bits per heavy atom. The van der Waals surface area contributed by atoms with E-state index in [9.17, 15) is 4.79 Å². The molecule has 3 heteroatoms. The number of pyridine rings is 1. The zero-order valence-corrected chi connectivity index (χ0v) is 9.82. The maximum absolute atomic E-state index is 11.4. The van der Waals surface area contributed by atoms with Gasteiger partial charge in [-0.1, -0.05) is 6.07 Å². The van der Waals surface area contributed by atoms with Crippen molar-refractivity contribution in [1.29, 1.82) is 0 Å². The van der Waals surface area contributed by atoms with E-state index in [4.69, 9.17) is 4.74 Å². The largest absolute Gasteiger partial charge is 0.469 e. The van der Waals surface area contributed by atoms with Crippen LogP contribution in [0.4, 0.5) is 0 Å². The van der Waals surface area contributed by atoms with Crippen LogP contribution in [0.2, 0.25) is 0 Å². The summed E-state index contributed by atoms with van der Waals surface area (Å²) in [6.07, 6.45) is 6.43. The normalized spacial score (nSPS) is 16.4. The smallest absolute Gasteiger partial charge is 0.312 e. The average Bonchev–Trinajstić information content (AvgIpc) is 2.36. The molecule has 86 valence electrons. The lowest BCUT2D eigenvalue weighted by atomic mass is 9.92. The molecule has 1 aliphatic carbocycles. The summed E-state index contributed by atoms with van der Waals surface area (Å²) in [6.45, 7) is 1.86. The fourth-order valence-corrected chi connectivity index (χ4v) is 2.16. The monoisotopic (exact) mass is 219 g/mol. The number of aromatic nitrogens is 1. The van der Waals surface area contributed by atoms with Gasteiger partial charge in [0.25, 0.3) is 0 Å². The molecule has 0 amide bonds. The summed E-state index contributed by atoms with van der Waals surface area (Å²) in [4.78, 5) is 15.9. The first-order chi connectivity index (χ1) is 7.72. The van der Waals surface area contributed by atoms with Crippen molar-refractivity contribution in [3.8, 4) is 0 Å². The number of rotatable bonds is 2. The van der Waals surface area contributed by atoms with Gasteiger partial charge in [-0.15, -0.1) is 0 Å². The van der Waals surface area contributed by atoms with E-state index in [0.29, 0.717) is 0 Å². The maximum Gasteiger partial charge on any atom is 0.312 e. The molecule has 1 unspecified atom stereocenters. The topological polar surface area (TPSA) is 39.2 Å². The van der Waals surface area contributed by atoms with Crippen molar-refractivity contribution in [2.24, 2.45) is 0 Å². The highest BCUT2D eigenvalue weighted by molar-refractivity contribution is 5.77. The van der Waals surface area contributed by atoms with Gasteiger partial charge in [-0.2, -0.15) is 0 Å². The Hall–Kier alpha value is -1.38. The van der Waals surface area contributed by atoms with Crippen molar-refractivity contribution >= 4 is 5.97 Å². The summed E-state index contributed by atoms with van der Waals surface area (Å²) in [5, 5.41) is 0. The second-order valence-corrected chi connectivity index (χ2v) is 4.33. The minimum absolute atomic E-state index is 0.197. The fourth-order valence-electron chi connectivity index (χ4n) is 2.16. The molecule has 16 heavy (non-hydrogen) atoms. The van der Waals surface area contributed by atoms with Crippen LogP contribution >= 0.6 is 0 Å². The van der Waals surface area contributed by atoms with E-state index in [1.165, 1.54) is 31.2 Å². The van der Waals surface area contributed by atoms with Gasteiger partial charge in [-0.05, 0) is 43.7 Å². The predicted octanol–water partition coefficient (Wildman–Crippen LogP) is 2.24. The van der Waals surface area contributed by atoms with Crippen LogP contribution in [0.3, 0.4) is 0 Å². The van der Waals surface area contributed by atoms with Gasteiger partial charge in [0, 0.05) is 11.9 Å². The van der Waals surface area contributed by atoms with Crippen LogP contribution in [0, 0.1) is 0 Å². The van der Waals surface area contributed by atoms with Crippen molar-refractivity contribution < 1.29 is 9.53 Å². The Morgan fingerprint density at radius 1 is 1.44 bits per heavy atom. The van der Waals surface area contributed by atoms with Gasteiger partial charge in [-0.25, -0.2) is 0 Å². The Kier molecular flexibility index (Phi) is 3.22. The van der Waals surface area contributed by atoms with E-state index in [1.54, 1.807) is 0 Å². The minimum Gasteiger partial charge on any atom is -0.469 e. The molecule has 1 atom stereocenters. The lowest BCUT2D eigenvalue weighted by Crippen LogP contribution is -2.13. The summed E-state index contributed by atoms with van der Waals surface area (Å²) < 4.78 is 4.74. The molecular formula is C13H17NO2. The predicted molar refractivity (Wildman–Crippen MR) is 61.3 cm³/mol. The summed E-state index contributed by atoms with van der Waals surface area (Å²) >= 11 is 0. The molecule has 3 nitrogen and oxygen atoms in total. The summed E-state index contributed by atoms with van der Waals surface area (Å²) in [5.41, 5.74) is 3.47. The average molecular weight is 219 g/mol. The van der Waals surface area contributed by atoms with Crippen molar-refractivity contribution in [2.45, 2.75) is 38.5 Å².